The maximum Gasteiger partial charge on any atom is 0.163 e. The first kappa shape index (κ1) is 15.6. The van der Waals surface area contributed by atoms with E-state index in [2.05, 4.69) is 35.8 Å². The molecule has 0 atom stereocenters. The smallest absolute Gasteiger partial charge is 0.163 e. The van der Waals surface area contributed by atoms with Crippen molar-refractivity contribution in [2.75, 3.05) is 25.3 Å². The lowest BCUT2D eigenvalue weighted by Crippen LogP contribution is -2.01. The van der Waals surface area contributed by atoms with Crippen molar-refractivity contribution in [3.8, 4) is 11.5 Å². The summed E-state index contributed by atoms with van der Waals surface area (Å²) >= 11 is 1.75. The lowest BCUT2D eigenvalue weighted by molar-refractivity contribution is 0.311. The maximum atomic E-state index is 5.58. The van der Waals surface area contributed by atoms with Gasteiger partial charge in [-0.05, 0) is 43.0 Å². The Hall–Kier alpha value is -1.81. The average Bonchev–Trinajstić information content (AvgIpc) is 2.54. The molecule has 21 heavy (non-hydrogen) atoms. The van der Waals surface area contributed by atoms with E-state index in [0.29, 0.717) is 6.61 Å². The zero-order valence-corrected chi connectivity index (χ0v) is 13.5. The Kier molecular flexibility index (Phi) is 5.81. The molecule has 4 heteroatoms. The molecule has 112 valence electrons. The standard InChI is InChI=1S/C17H21NO2S/c1-4-20-17-11-14(7-10-16(17)19-2)18-12-13-5-8-15(21-3)9-6-13/h5-11,18H,4,12H2,1-3H3. The van der Waals surface area contributed by atoms with Crippen LogP contribution in [-0.4, -0.2) is 20.0 Å². The predicted octanol–water partition coefficient (Wildman–Crippen LogP) is 4.43. The lowest BCUT2D eigenvalue weighted by Gasteiger charge is -2.12. The van der Waals surface area contributed by atoms with Gasteiger partial charge in [0.2, 0.25) is 0 Å². The Morgan fingerprint density at radius 1 is 1.05 bits per heavy atom. The van der Waals surface area contributed by atoms with Crippen LogP contribution in [0.15, 0.2) is 47.4 Å². The van der Waals surface area contributed by atoms with Crippen molar-refractivity contribution in [2.24, 2.45) is 0 Å². The Morgan fingerprint density at radius 2 is 1.81 bits per heavy atom. The van der Waals surface area contributed by atoms with E-state index in [0.717, 1.165) is 23.7 Å². The zero-order valence-electron chi connectivity index (χ0n) is 12.7. The number of hydrogen-bond acceptors (Lipinski definition) is 4. The molecule has 0 amide bonds. The summed E-state index contributed by atoms with van der Waals surface area (Å²) in [4.78, 5) is 1.28. The van der Waals surface area contributed by atoms with Gasteiger partial charge in [-0.2, -0.15) is 0 Å². The quantitative estimate of drug-likeness (QED) is 0.767. The molecule has 0 aliphatic carbocycles. The van der Waals surface area contributed by atoms with Crippen LogP contribution in [0.25, 0.3) is 0 Å². The molecule has 0 spiro atoms. The van der Waals surface area contributed by atoms with Crippen LogP contribution in [0.1, 0.15) is 12.5 Å². The molecule has 0 aliphatic rings. The average molecular weight is 303 g/mol. The number of hydrogen-bond donors (Lipinski definition) is 1. The third kappa shape index (κ3) is 4.33. The van der Waals surface area contributed by atoms with Crippen LogP contribution < -0.4 is 14.8 Å². The summed E-state index contributed by atoms with van der Waals surface area (Å²) in [6.45, 7) is 3.37. The maximum absolute atomic E-state index is 5.58. The number of thioether (sulfide) groups is 1. The van der Waals surface area contributed by atoms with Crippen molar-refractivity contribution in [1.82, 2.24) is 0 Å². The number of ether oxygens (including phenoxy) is 2. The Bertz CT molecular complexity index is 570. The van der Waals surface area contributed by atoms with Crippen molar-refractivity contribution < 1.29 is 9.47 Å². The van der Waals surface area contributed by atoms with Gasteiger partial charge < -0.3 is 14.8 Å². The van der Waals surface area contributed by atoms with Gasteiger partial charge in [0.1, 0.15) is 0 Å². The van der Waals surface area contributed by atoms with Crippen molar-refractivity contribution in [1.29, 1.82) is 0 Å². The Labute approximate surface area is 130 Å². The molecule has 2 aromatic carbocycles. The third-order valence-corrected chi connectivity index (χ3v) is 3.86. The van der Waals surface area contributed by atoms with E-state index in [-0.39, 0.29) is 0 Å². The SMILES string of the molecule is CCOc1cc(NCc2ccc(SC)cc2)ccc1OC. The van der Waals surface area contributed by atoms with Crippen LogP contribution in [0, 0.1) is 0 Å². The lowest BCUT2D eigenvalue weighted by atomic mass is 10.2. The molecule has 0 unspecified atom stereocenters. The van der Waals surface area contributed by atoms with Crippen molar-refractivity contribution >= 4 is 17.4 Å². The molecular formula is C17H21NO2S. The van der Waals surface area contributed by atoms with Gasteiger partial charge in [0.25, 0.3) is 0 Å². The normalized spacial score (nSPS) is 10.2. The highest BCUT2D eigenvalue weighted by Gasteiger charge is 2.05. The fourth-order valence-corrected chi connectivity index (χ4v) is 2.41. The highest BCUT2D eigenvalue weighted by molar-refractivity contribution is 7.98. The zero-order chi connectivity index (χ0) is 15.1. The van der Waals surface area contributed by atoms with Crippen LogP contribution in [-0.2, 0) is 6.54 Å². The molecule has 0 saturated carbocycles. The van der Waals surface area contributed by atoms with Gasteiger partial charge in [0.05, 0.1) is 13.7 Å². The van der Waals surface area contributed by atoms with Gasteiger partial charge in [-0.15, -0.1) is 11.8 Å². The fraction of sp³-hybridized carbons (Fsp3) is 0.294. The molecule has 0 aromatic heterocycles. The van der Waals surface area contributed by atoms with E-state index in [1.54, 1.807) is 18.9 Å². The molecule has 2 aromatic rings. The first-order chi connectivity index (χ1) is 10.3. The molecule has 0 saturated heterocycles. The molecule has 0 heterocycles. The summed E-state index contributed by atoms with van der Waals surface area (Å²) in [6, 6.07) is 14.5. The first-order valence-corrected chi connectivity index (χ1v) is 8.17. The van der Waals surface area contributed by atoms with Crippen LogP contribution in [0.4, 0.5) is 5.69 Å². The molecule has 1 N–H and O–H groups in total. The summed E-state index contributed by atoms with van der Waals surface area (Å²) in [5.41, 5.74) is 2.27. The van der Waals surface area contributed by atoms with Gasteiger partial charge in [0, 0.05) is 23.2 Å². The summed E-state index contributed by atoms with van der Waals surface area (Å²) in [5, 5.41) is 3.41. The van der Waals surface area contributed by atoms with Gasteiger partial charge in [-0.1, -0.05) is 12.1 Å². The van der Waals surface area contributed by atoms with Crippen molar-refractivity contribution in [3.05, 3.63) is 48.0 Å². The van der Waals surface area contributed by atoms with Crippen molar-refractivity contribution in [3.63, 3.8) is 0 Å². The third-order valence-electron chi connectivity index (χ3n) is 3.12. The minimum Gasteiger partial charge on any atom is -0.493 e. The molecular weight excluding hydrogens is 282 g/mol. The summed E-state index contributed by atoms with van der Waals surface area (Å²) < 4.78 is 10.9. The van der Waals surface area contributed by atoms with E-state index < -0.39 is 0 Å². The topological polar surface area (TPSA) is 30.5 Å². The highest BCUT2D eigenvalue weighted by atomic mass is 32.2. The first-order valence-electron chi connectivity index (χ1n) is 6.94. The minimum absolute atomic E-state index is 0.621. The molecule has 0 bridgehead atoms. The monoisotopic (exact) mass is 303 g/mol. The van der Waals surface area contributed by atoms with Crippen LogP contribution >= 0.6 is 11.8 Å². The van der Waals surface area contributed by atoms with Gasteiger partial charge in [-0.25, -0.2) is 0 Å². The number of methoxy groups -OCH3 is 1. The van der Waals surface area contributed by atoms with E-state index in [4.69, 9.17) is 9.47 Å². The van der Waals surface area contributed by atoms with Crippen LogP contribution in [0.2, 0.25) is 0 Å². The fourth-order valence-electron chi connectivity index (χ4n) is 2.00. The molecule has 3 nitrogen and oxygen atoms in total. The van der Waals surface area contributed by atoms with Crippen LogP contribution in [0.5, 0.6) is 11.5 Å². The Balaban J connectivity index is 2.03. The summed E-state index contributed by atoms with van der Waals surface area (Å²) in [7, 11) is 1.65. The van der Waals surface area contributed by atoms with E-state index >= 15 is 0 Å². The molecule has 0 fully saturated rings. The van der Waals surface area contributed by atoms with E-state index in [1.165, 1.54) is 10.5 Å². The number of rotatable bonds is 7. The summed E-state index contributed by atoms with van der Waals surface area (Å²) in [6.07, 6.45) is 2.08. The molecule has 0 aliphatic heterocycles. The predicted molar refractivity (Wildman–Crippen MR) is 89.7 cm³/mol. The number of nitrogens with one attached hydrogen (secondary N) is 1. The van der Waals surface area contributed by atoms with Crippen molar-refractivity contribution in [2.45, 2.75) is 18.4 Å². The van der Waals surface area contributed by atoms with Crippen LogP contribution in [0.3, 0.4) is 0 Å². The molecule has 2 rings (SSSR count). The second kappa shape index (κ2) is 7.84. The second-order valence-electron chi connectivity index (χ2n) is 4.50. The summed E-state index contributed by atoms with van der Waals surface area (Å²) in [5.74, 6) is 1.52. The molecule has 0 radical (unpaired) electrons. The van der Waals surface area contributed by atoms with Gasteiger partial charge >= 0.3 is 0 Å². The number of anilines is 1. The van der Waals surface area contributed by atoms with Gasteiger partial charge in [-0.3, -0.25) is 0 Å². The number of benzene rings is 2. The van der Waals surface area contributed by atoms with E-state index in [9.17, 15) is 0 Å². The Morgan fingerprint density at radius 3 is 2.43 bits per heavy atom. The minimum atomic E-state index is 0.621. The largest absolute Gasteiger partial charge is 0.493 e. The highest BCUT2D eigenvalue weighted by Crippen LogP contribution is 2.30. The second-order valence-corrected chi connectivity index (χ2v) is 5.38. The van der Waals surface area contributed by atoms with Gasteiger partial charge in [0.15, 0.2) is 11.5 Å². The van der Waals surface area contributed by atoms with E-state index in [1.807, 2.05) is 25.1 Å².